The molecule has 6 nitrogen and oxygen atoms in total. The van der Waals surface area contributed by atoms with Gasteiger partial charge in [-0.05, 0) is 44.7 Å². The molecule has 1 fully saturated rings. The van der Waals surface area contributed by atoms with Crippen LogP contribution in [0.25, 0.3) is 0 Å². The number of halogens is 1. The third-order valence-corrected chi connectivity index (χ3v) is 5.37. The molecule has 7 heteroatoms. The Balaban J connectivity index is 1.57. The number of carbonyl (C=O) groups is 2. The molecule has 1 aromatic heterocycles. The Labute approximate surface area is 170 Å². The van der Waals surface area contributed by atoms with Crippen molar-refractivity contribution in [2.75, 3.05) is 0 Å². The van der Waals surface area contributed by atoms with E-state index in [4.69, 9.17) is 11.6 Å². The van der Waals surface area contributed by atoms with Crippen LogP contribution in [0.4, 0.5) is 0 Å². The average molecular weight is 403 g/mol. The lowest BCUT2D eigenvalue weighted by molar-refractivity contribution is -0.126. The SMILES string of the molecule is CC(C)NC(=O)C1CCCC(NC(=O)c2cnn(Cc3ccccc3Cl)c2)C1. The highest BCUT2D eigenvalue weighted by atomic mass is 35.5. The summed E-state index contributed by atoms with van der Waals surface area (Å²) in [5.74, 6) is -0.105. The second-order valence-electron chi connectivity index (χ2n) is 7.72. The lowest BCUT2D eigenvalue weighted by atomic mass is 9.85. The van der Waals surface area contributed by atoms with E-state index in [-0.39, 0.29) is 29.8 Å². The van der Waals surface area contributed by atoms with Gasteiger partial charge in [-0.15, -0.1) is 0 Å². The Kier molecular flexibility index (Phi) is 6.73. The minimum Gasteiger partial charge on any atom is -0.354 e. The third-order valence-electron chi connectivity index (χ3n) is 5.00. The standard InChI is InChI=1S/C21H27ClN4O2/c1-14(2)24-20(27)15-7-5-8-18(10-15)25-21(28)17-11-23-26(13-17)12-16-6-3-4-9-19(16)22/h3-4,6,9,11,13-15,18H,5,7-8,10,12H2,1-2H3,(H,24,27)(H,25,28). The fourth-order valence-corrected chi connectivity index (χ4v) is 3.79. The van der Waals surface area contributed by atoms with E-state index in [0.717, 1.165) is 24.8 Å². The van der Waals surface area contributed by atoms with Crippen molar-refractivity contribution in [1.29, 1.82) is 0 Å². The summed E-state index contributed by atoms with van der Waals surface area (Å²) in [6.45, 7) is 4.42. The Hall–Kier alpha value is -2.34. The Morgan fingerprint density at radius 1 is 1.29 bits per heavy atom. The zero-order valence-electron chi connectivity index (χ0n) is 16.3. The largest absolute Gasteiger partial charge is 0.354 e. The van der Waals surface area contributed by atoms with E-state index in [9.17, 15) is 9.59 Å². The second-order valence-corrected chi connectivity index (χ2v) is 8.12. The Morgan fingerprint density at radius 2 is 2.07 bits per heavy atom. The van der Waals surface area contributed by atoms with Crippen molar-refractivity contribution in [2.45, 2.75) is 58.2 Å². The van der Waals surface area contributed by atoms with Gasteiger partial charge in [-0.1, -0.05) is 36.2 Å². The first-order valence-electron chi connectivity index (χ1n) is 9.79. The number of benzene rings is 1. The van der Waals surface area contributed by atoms with Crippen molar-refractivity contribution in [2.24, 2.45) is 5.92 Å². The minimum atomic E-state index is -0.152. The summed E-state index contributed by atoms with van der Waals surface area (Å²) >= 11 is 6.19. The molecule has 28 heavy (non-hydrogen) atoms. The first kappa shape index (κ1) is 20.4. The van der Waals surface area contributed by atoms with Gasteiger partial charge in [0.05, 0.1) is 18.3 Å². The maximum Gasteiger partial charge on any atom is 0.254 e. The number of nitrogens with one attached hydrogen (secondary N) is 2. The highest BCUT2D eigenvalue weighted by Crippen LogP contribution is 2.25. The normalized spacial score (nSPS) is 19.4. The van der Waals surface area contributed by atoms with Crippen LogP contribution in [0.1, 0.15) is 55.5 Å². The summed E-state index contributed by atoms with van der Waals surface area (Å²) in [4.78, 5) is 24.9. The molecule has 3 rings (SSSR count). The molecule has 2 atom stereocenters. The number of aromatic nitrogens is 2. The van der Waals surface area contributed by atoms with Crippen molar-refractivity contribution in [3.63, 3.8) is 0 Å². The maximum atomic E-state index is 12.6. The summed E-state index contributed by atoms with van der Waals surface area (Å²) < 4.78 is 1.70. The highest BCUT2D eigenvalue weighted by molar-refractivity contribution is 6.31. The zero-order chi connectivity index (χ0) is 20.1. The van der Waals surface area contributed by atoms with Gasteiger partial charge in [0.1, 0.15) is 0 Å². The fourth-order valence-electron chi connectivity index (χ4n) is 3.60. The molecule has 1 heterocycles. The average Bonchev–Trinajstić information content (AvgIpc) is 3.12. The number of nitrogens with zero attached hydrogens (tertiary/aromatic N) is 2. The van der Waals surface area contributed by atoms with Gasteiger partial charge < -0.3 is 10.6 Å². The van der Waals surface area contributed by atoms with E-state index in [0.29, 0.717) is 23.6 Å². The molecule has 2 amide bonds. The van der Waals surface area contributed by atoms with E-state index in [1.165, 1.54) is 0 Å². The van der Waals surface area contributed by atoms with Crippen LogP contribution in [0.3, 0.4) is 0 Å². The molecule has 150 valence electrons. The van der Waals surface area contributed by atoms with E-state index in [1.54, 1.807) is 17.1 Å². The summed E-state index contributed by atoms with van der Waals surface area (Å²) in [6.07, 6.45) is 6.68. The van der Waals surface area contributed by atoms with Gasteiger partial charge >= 0.3 is 0 Å². The Morgan fingerprint density at radius 3 is 2.82 bits per heavy atom. The van der Waals surface area contributed by atoms with Crippen LogP contribution in [0.5, 0.6) is 0 Å². The highest BCUT2D eigenvalue weighted by Gasteiger charge is 2.28. The zero-order valence-corrected chi connectivity index (χ0v) is 17.1. The molecular formula is C21H27ClN4O2. The van der Waals surface area contributed by atoms with Gasteiger partial charge in [-0.25, -0.2) is 0 Å². The van der Waals surface area contributed by atoms with Crippen molar-refractivity contribution < 1.29 is 9.59 Å². The molecule has 2 aromatic rings. The molecule has 1 aliphatic rings. The van der Waals surface area contributed by atoms with E-state index >= 15 is 0 Å². The van der Waals surface area contributed by atoms with Crippen LogP contribution in [0.2, 0.25) is 5.02 Å². The lowest BCUT2D eigenvalue weighted by Crippen LogP contribution is -2.43. The fraction of sp³-hybridized carbons (Fsp3) is 0.476. The molecule has 0 radical (unpaired) electrons. The van der Waals surface area contributed by atoms with Crippen LogP contribution in [-0.2, 0) is 11.3 Å². The monoisotopic (exact) mass is 402 g/mol. The number of hydrogen-bond donors (Lipinski definition) is 2. The molecular weight excluding hydrogens is 376 g/mol. The van der Waals surface area contributed by atoms with Gasteiger partial charge in [0.25, 0.3) is 5.91 Å². The molecule has 0 aliphatic heterocycles. The first-order valence-corrected chi connectivity index (χ1v) is 10.2. The molecule has 2 unspecified atom stereocenters. The van der Waals surface area contributed by atoms with E-state index < -0.39 is 0 Å². The smallest absolute Gasteiger partial charge is 0.254 e. The van der Waals surface area contributed by atoms with Crippen LogP contribution in [0.15, 0.2) is 36.7 Å². The molecule has 0 saturated heterocycles. The molecule has 1 aliphatic carbocycles. The second kappa shape index (κ2) is 9.24. The summed E-state index contributed by atoms with van der Waals surface area (Å²) in [5.41, 5.74) is 1.46. The number of amides is 2. The molecule has 0 spiro atoms. The van der Waals surface area contributed by atoms with Crippen molar-refractivity contribution in [1.82, 2.24) is 20.4 Å². The molecule has 0 bridgehead atoms. The van der Waals surface area contributed by atoms with Gasteiger partial charge in [-0.2, -0.15) is 5.10 Å². The number of carbonyl (C=O) groups excluding carboxylic acids is 2. The van der Waals surface area contributed by atoms with Crippen molar-refractivity contribution in [3.05, 3.63) is 52.8 Å². The van der Waals surface area contributed by atoms with Crippen molar-refractivity contribution in [3.8, 4) is 0 Å². The van der Waals surface area contributed by atoms with Crippen LogP contribution in [-0.4, -0.2) is 33.7 Å². The molecule has 1 saturated carbocycles. The molecule has 2 N–H and O–H groups in total. The quantitative estimate of drug-likeness (QED) is 0.777. The summed E-state index contributed by atoms with van der Waals surface area (Å²) in [6, 6.07) is 7.72. The number of rotatable bonds is 6. The van der Waals surface area contributed by atoms with Gasteiger partial charge in [0.2, 0.25) is 5.91 Å². The van der Waals surface area contributed by atoms with E-state index in [1.807, 2.05) is 38.1 Å². The van der Waals surface area contributed by atoms with E-state index in [2.05, 4.69) is 15.7 Å². The predicted octanol–water partition coefficient (Wildman–Crippen LogP) is 3.40. The van der Waals surface area contributed by atoms with Crippen LogP contribution >= 0.6 is 11.6 Å². The minimum absolute atomic E-state index is 0.0103. The predicted molar refractivity (Wildman–Crippen MR) is 109 cm³/mol. The van der Waals surface area contributed by atoms with Gasteiger partial charge in [-0.3, -0.25) is 14.3 Å². The lowest BCUT2D eigenvalue weighted by Gasteiger charge is -2.29. The topological polar surface area (TPSA) is 76.0 Å². The van der Waals surface area contributed by atoms with Gasteiger partial charge in [0.15, 0.2) is 0 Å². The van der Waals surface area contributed by atoms with Gasteiger partial charge in [0, 0.05) is 29.2 Å². The van der Waals surface area contributed by atoms with Crippen molar-refractivity contribution >= 4 is 23.4 Å². The summed E-state index contributed by atoms with van der Waals surface area (Å²) in [7, 11) is 0. The Bertz CT molecular complexity index is 833. The summed E-state index contributed by atoms with van der Waals surface area (Å²) in [5, 5.41) is 11.0. The maximum absolute atomic E-state index is 12.6. The van der Waals surface area contributed by atoms with Crippen LogP contribution < -0.4 is 10.6 Å². The van der Waals surface area contributed by atoms with Crippen LogP contribution in [0, 0.1) is 5.92 Å². The third kappa shape index (κ3) is 5.35. The molecule has 1 aromatic carbocycles. The first-order chi connectivity index (χ1) is 13.4. The number of hydrogen-bond acceptors (Lipinski definition) is 3.